The van der Waals surface area contributed by atoms with Crippen LogP contribution in [0.1, 0.15) is 123 Å². The van der Waals surface area contributed by atoms with Crippen LogP contribution in [0.5, 0.6) is 0 Å². The molecule has 32 heavy (non-hydrogen) atoms. The van der Waals surface area contributed by atoms with E-state index in [2.05, 4.69) is 76.2 Å². The molecule has 0 amide bonds. The second-order valence-electron chi connectivity index (χ2n) is 11.4. The summed E-state index contributed by atoms with van der Waals surface area (Å²) < 4.78 is 0. The SMILES string of the molecule is CCCCCCCCCCCCNC1CC(C)(C)N(OCc2ccccc2C)C(C)(C)C1. The Bertz CT molecular complexity index is 622. The van der Waals surface area contributed by atoms with Crippen LogP contribution in [-0.2, 0) is 11.4 Å². The molecule has 0 aromatic heterocycles. The highest BCUT2D eigenvalue weighted by Crippen LogP contribution is 2.39. The molecule has 2 rings (SSSR count). The fraction of sp³-hybridized carbons (Fsp3) is 0.793. The normalized spacial score (nSPS) is 18.8. The standard InChI is InChI=1S/C29H52N2O/c1-7-8-9-10-11-12-13-14-15-18-21-30-27-22-28(3,4)31(29(5,6)23-27)32-24-26-20-17-16-19-25(26)2/h16-17,19-20,27,30H,7-15,18,21-24H2,1-6H3. The van der Waals surface area contributed by atoms with Crippen LogP contribution < -0.4 is 5.32 Å². The molecule has 1 heterocycles. The highest BCUT2D eigenvalue weighted by atomic mass is 16.7. The highest BCUT2D eigenvalue weighted by Gasteiger charge is 2.46. The van der Waals surface area contributed by atoms with Crippen molar-refractivity contribution in [3.05, 3.63) is 35.4 Å². The minimum Gasteiger partial charge on any atom is -0.314 e. The van der Waals surface area contributed by atoms with Gasteiger partial charge < -0.3 is 5.32 Å². The number of unbranched alkanes of at least 4 members (excludes halogenated alkanes) is 9. The second-order valence-corrected chi connectivity index (χ2v) is 11.4. The maximum atomic E-state index is 6.45. The summed E-state index contributed by atoms with van der Waals surface area (Å²) in [7, 11) is 0. The van der Waals surface area contributed by atoms with Crippen LogP contribution in [0.15, 0.2) is 24.3 Å². The van der Waals surface area contributed by atoms with E-state index in [0.29, 0.717) is 12.6 Å². The monoisotopic (exact) mass is 444 g/mol. The lowest BCUT2D eigenvalue weighted by Gasteiger charge is -2.54. The van der Waals surface area contributed by atoms with Crippen LogP contribution >= 0.6 is 0 Å². The van der Waals surface area contributed by atoms with E-state index < -0.39 is 0 Å². The fourth-order valence-electron chi connectivity index (χ4n) is 5.58. The summed E-state index contributed by atoms with van der Waals surface area (Å²) in [4.78, 5) is 6.45. The minimum atomic E-state index is 0.0138. The van der Waals surface area contributed by atoms with Crippen molar-refractivity contribution >= 4 is 0 Å². The number of piperidine rings is 1. The number of nitrogens with zero attached hydrogens (tertiary/aromatic N) is 1. The van der Waals surface area contributed by atoms with Crippen molar-refractivity contribution in [1.82, 2.24) is 10.4 Å². The number of hydrogen-bond donors (Lipinski definition) is 1. The van der Waals surface area contributed by atoms with Gasteiger partial charge >= 0.3 is 0 Å². The Morgan fingerprint density at radius 2 is 1.38 bits per heavy atom. The first kappa shape index (κ1) is 27.3. The van der Waals surface area contributed by atoms with Crippen molar-refractivity contribution in [2.75, 3.05) is 6.54 Å². The third-order valence-electron chi connectivity index (χ3n) is 7.17. The number of nitrogens with one attached hydrogen (secondary N) is 1. The van der Waals surface area contributed by atoms with Gasteiger partial charge in [0, 0.05) is 17.1 Å². The molecule has 0 aliphatic carbocycles. The van der Waals surface area contributed by atoms with Crippen LogP contribution in [-0.4, -0.2) is 28.7 Å². The molecule has 184 valence electrons. The Morgan fingerprint density at radius 3 is 1.94 bits per heavy atom. The van der Waals surface area contributed by atoms with Gasteiger partial charge in [-0.15, -0.1) is 0 Å². The van der Waals surface area contributed by atoms with Crippen molar-refractivity contribution in [2.24, 2.45) is 0 Å². The largest absolute Gasteiger partial charge is 0.314 e. The van der Waals surface area contributed by atoms with Gasteiger partial charge in [-0.2, -0.15) is 5.06 Å². The zero-order valence-electron chi connectivity index (χ0n) is 22.1. The molecule has 0 saturated carbocycles. The molecule has 0 radical (unpaired) electrons. The maximum absolute atomic E-state index is 6.45. The lowest BCUT2D eigenvalue weighted by atomic mass is 9.79. The first-order valence-electron chi connectivity index (χ1n) is 13.5. The van der Waals surface area contributed by atoms with Crippen LogP contribution in [0.25, 0.3) is 0 Å². The van der Waals surface area contributed by atoms with Crippen molar-refractivity contribution in [3.63, 3.8) is 0 Å². The highest BCUT2D eigenvalue weighted by molar-refractivity contribution is 5.24. The molecular formula is C29H52N2O. The molecule has 1 N–H and O–H groups in total. The summed E-state index contributed by atoms with van der Waals surface area (Å²) in [5, 5.41) is 6.16. The van der Waals surface area contributed by atoms with Crippen molar-refractivity contribution in [2.45, 2.75) is 142 Å². The minimum absolute atomic E-state index is 0.0138. The number of rotatable bonds is 15. The summed E-state index contributed by atoms with van der Waals surface area (Å²) in [5.41, 5.74) is 2.61. The van der Waals surface area contributed by atoms with Gasteiger partial charge in [-0.3, -0.25) is 4.84 Å². The van der Waals surface area contributed by atoms with Gasteiger partial charge in [0.15, 0.2) is 0 Å². The van der Waals surface area contributed by atoms with Gasteiger partial charge in [0.05, 0.1) is 6.61 Å². The lowest BCUT2D eigenvalue weighted by Crippen LogP contribution is -2.63. The van der Waals surface area contributed by atoms with Crippen LogP contribution in [0.4, 0.5) is 0 Å². The van der Waals surface area contributed by atoms with Gasteiger partial charge in [-0.1, -0.05) is 89.0 Å². The van der Waals surface area contributed by atoms with Crippen LogP contribution in [0.2, 0.25) is 0 Å². The Morgan fingerprint density at radius 1 is 0.844 bits per heavy atom. The molecule has 1 aliphatic rings. The third kappa shape index (κ3) is 9.15. The molecule has 1 saturated heterocycles. The average Bonchev–Trinajstić information content (AvgIpc) is 2.71. The third-order valence-corrected chi connectivity index (χ3v) is 7.17. The van der Waals surface area contributed by atoms with Crippen molar-refractivity contribution in [1.29, 1.82) is 0 Å². The van der Waals surface area contributed by atoms with Gasteiger partial charge in [0.25, 0.3) is 0 Å². The molecule has 1 fully saturated rings. The number of aryl methyl sites for hydroxylation is 1. The van der Waals surface area contributed by atoms with E-state index in [1.165, 1.54) is 75.3 Å². The number of hydrogen-bond acceptors (Lipinski definition) is 3. The van der Waals surface area contributed by atoms with E-state index in [9.17, 15) is 0 Å². The van der Waals surface area contributed by atoms with E-state index in [0.717, 1.165) is 19.4 Å². The van der Waals surface area contributed by atoms with E-state index in [4.69, 9.17) is 4.84 Å². The lowest BCUT2D eigenvalue weighted by molar-refractivity contribution is -0.291. The zero-order chi connectivity index (χ0) is 23.5. The van der Waals surface area contributed by atoms with Gasteiger partial charge in [-0.05, 0) is 71.6 Å². The summed E-state index contributed by atoms with van der Waals surface area (Å²) >= 11 is 0. The molecule has 1 aromatic rings. The second kappa shape index (κ2) is 13.7. The van der Waals surface area contributed by atoms with E-state index >= 15 is 0 Å². The quantitative estimate of drug-likeness (QED) is 0.278. The summed E-state index contributed by atoms with van der Waals surface area (Å²) in [6.45, 7) is 15.6. The smallest absolute Gasteiger partial charge is 0.0939 e. The Labute approximate surface area is 199 Å². The molecule has 3 nitrogen and oxygen atoms in total. The molecule has 0 bridgehead atoms. The number of benzene rings is 1. The van der Waals surface area contributed by atoms with Crippen molar-refractivity contribution < 1.29 is 4.84 Å². The van der Waals surface area contributed by atoms with E-state index in [1.807, 2.05) is 0 Å². The first-order valence-corrected chi connectivity index (χ1v) is 13.5. The summed E-state index contributed by atoms with van der Waals surface area (Å²) in [6, 6.07) is 9.11. The fourth-order valence-corrected chi connectivity index (χ4v) is 5.58. The molecule has 0 unspecified atom stereocenters. The van der Waals surface area contributed by atoms with Gasteiger partial charge in [-0.25, -0.2) is 0 Å². The summed E-state index contributed by atoms with van der Waals surface area (Å²) in [6.07, 6.45) is 16.3. The predicted molar refractivity (Wildman–Crippen MR) is 139 cm³/mol. The Hall–Kier alpha value is -0.900. The molecule has 1 aliphatic heterocycles. The van der Waals surface area contributed by atoms with E-state index in [-0.39, 0.29) is 11.1 Å². The molecular weight excluding hydrogens is 392 g/mol. The van der Waals surface area contributed by atoms with Crippen LogP contribution in [0, 0.1) is 6.92 Å². The predicted octanol–water partition coefficient (Wildman–Crippen LogP) is 7.96. The topological polar surface area (TPSA) is 24.5 Å². The maximum Gasteiger partial charge on any atom is 0.0939 e. The first-order chi connectivity index (χ1) is 15.3. The molecule has 1 aromatic carbocycles. The molecule has 0 atom stereocenters. The van der Waals surface area contributed by atoms with Crippen LogP contribution in [0.3, 0.4) is 0 Å². The molecule has 0 spiro atoms. The summed E-state index contributed by atoms with van der Waals surface area (Å²) in [5.74, 6) is 0. The zero-order valence-corrected chi connectivity index (χ0v) is 22.1. The van der Waals surface area contributed by atoms with E-state index in [1.54, 1.807) is 0 Å². The van der Waals surface area contributed by atoms with Gasteiger partial charge in [0.2, 0.25) is 0 Å². The van der Waals surface area contributed by atoms with Crippen molar-refractivity contribution in [3.8, 4) is 0 Å². The molecule has 3 heteroatoms. The Kier molecular flexibility index (Phi) is 11.7. The number of hydroxylamine groups is 2. The Balaban J connectivity index is 1.67. The average molecular weight is 445 g/mol. The van der Waals surface area contributed by atoms with Gasteiger partial charge in [0.1, 0.15) is 0 Å².